The van der Waals surface area contributed by atoms with Crippen molar-refractivity contribution in [2.45, 2.75) is 0 Å². The monoisotopic (exact) mass is 383 g/mol. The van der Waals surface area contributed by atoms with Crippen molar-refractivity contribution in [3.05, 3.63) is 116 Å². The SMILES string of the molecule is C=CC=C.N#CC=CC=Cc1ccccc1.O=C1C=C(c2ccccn2)C(=O)N1. The van der Waals surface area contributed by atoms with Crippen molar-refractivity contribution in [2.75, 3.05) is 0 Å². The zero-order valence-corrected chi connectivity index (χ0v) is 15.9. The van der Waals surface area contributed by atoms with E-state index in [1.807, 2.05) is 48.6 Å². The standard InChI is InChI=1S/C11H9N.C9H6N2O2.C4H6/c12-10-6-2-5-9-11-7-3-1-4-8-11;12-8-5-6(9(13)11-8)7-3-1-2-4-10-7;1-3-4-2/h1-9H;1-5H,(H,11,12,13);3-4H,1-2H2. The number of hydrogen-bond acceptors (Lipinski definition) is 4. The minimum absolute atomic E-state index is 0.325. The molecule has 0 bridgehead atoms. The molecule has 0 saturated heterocycles. The van der Waals surface area contributed by atoms with E-state index in [4.69, 9.17) is 5.26 Å². The molecule has 0 unspecified atom stereocenters. The highest BCUT2D eigenvalue weighted by atomic mass is 16.2. The fraction of sp³-hybridized carbons (Fsp3) is 0. The molecule has 1 aromatic heterocycles. The normalized spacial score (nSPS) is 12.0. The second-order valence-electron chi connectivity index (χ2n) is 5.32. The van der Waals surface area contributed by atoms with Crippen molar-refractivity contribution < 1.29 is 9.59 Å². The highest BCUT2D eigenvalue weighted by Crippen LogP contribution is 2.14. The van der Waals surface area contributed by atoms with Crippen LogP contribution in [0.3, 0.4) is 0 Å². The van der Waals surface area contributed by atoms with E-state index >= 15 is 0 Å². The predicted octanol–water partition coefficient (Wildman–Crippen LogP) is 4.26. The van der Waals surface area contributed by atoms with Crippen LogP contribution in [-0.2, 0) is 9.59 Å². The maximum atomic E-state index is 11.1. The quantitative estimate of drug-likeness (QED) is 0.486. The fourth-order valence-corrected chi connectivity index (χ4v) is 1.95. The lowest BCUT2D eigenvalue weighted by Gasteiger charge is -1.96. The second kappa shape index (κ2) is 13.8. The number of nitriles is 1. The van der Waals surface area contributed by atoms with Crippen LogP contribution in [-0.4, -0.2) is 16.8 Å². The molecule has 2 amide bonds. The van der Waals surface area contributed by atoms with Crippen molar-refractivity contribution in [3.8, 4) is 6.07 Å². The summed E-state index contributed by atoms with van der Waals surface area (Å²) >= 11 is 0. The molecule has 0 saturated carbocycles. The minimum Gasteiger partial charge on any atom is -0.289 e. The highest BCUT2D eigenvalue weighted by molar-refractivity contribution is 6.33. The Hall–Kier alpha value is -4.30. The third kappa shape index (κ3) is 9.27. The summed E-state index contributed by atoms with van der Waals surface area (Å²) in [7, 11) is 0. The van der Waals surface area contributed by atoms with Crippen molar-refractivity contribution >= 4 is 23.5 Å². The van der Waals surface area contributed by atoms with Crippen LogP contribution < -0.4 is 5.32 Å². The zero-order valence-electron chi connectivity index (χ0n) is 15.9. The third-order valence-corrected chi connectivity index (χ3v) is 3.23. The Morgan fingerprint density at radius 3 is 2.17 bits per heavy atom. The van der Waals surface area contributed by atoms with E-state index in [9.17, 15) is 9.59 Å². The number of allylic oxidation sites excluding steroid dienone is 5. The molecule has 1 aliphatic heterocycles. The number of amides is 2. The topological polar surface area (TPSA) is 82.8 Å². The Labute approximate surface area is 170 Å². The number of carbonyl (C=O) groups is 2. The Kier molecular flexibility index (Phi) is 10.9. The molecule has 1 aromatic carbocycles. The number of nitrogens with zero attached hydrogens (tertiary/aromatic N) is 2. The number of hydrogen-bond donors (Lipinski definition) is 1. The first kappa shape index (κ1) is 22.7. The van der Waals surface area contributed by atoms with Crippen LogP contribution in [0.2, 0.25) is 0 Å². The van der Waals surface area contributed by atoms with Gasteiger partial charge in [-0.2, -0.15) is 5.26 Å². The predicted molar refractivity (Wildman–Crippen MR) is 116 cm³/mol. The average Bonchev–Trinajstić information content (AvgIpc) is 3.11. The summed E-state index contributed by atoms with van der Waals surface area (Å²) in [5.41, 5.74) is 1.98. The maximum absolute atomic E-state index is 11.1. The van der Waals surface area contributed by atoms with Gasteiger partial charge >= 0.3 is 0 Å². The van der Waals surface area contributed by atoms with Gasteiger partial charge in [0.05, 0.1) is 17.3 Å². The second-order valence-corrected chi connectivity index (χ2v) is 5.32. The molecule has 0 fully saturated rings. The molecule has 144 valence electrons. The fourth-order valence-electron chi connectivity index (χ4n) is 1.95. The lowest BCUT2D eigenvalue weighted by Crippen LogP contribution is -2.21. The van der Waals surface area contributed by atoms with E-state index in [1.54, 1.807) is 42.6 Å². The summed E-state index contributed by atoms with van der Waals surface area (Å²) in [5.74, 6) is -0.769. The largest absolute Gasteiger partial charge is 0.289 e. The molecule has 3 rings (SSSR count). The van der Waals surface area contributed by atoms with Crippen LogP contribution in [0.25, 0.3) is 11.6 Å². The molecule has 5 heteroatoms. The lowest BCUT2D eigenvalue weighted by molar-refractivity contribution is -0.123. The van der Waals surface area contributed by atoms with E-state index in [0.29, 0.717) is 11.3 Å². The van der Waals surface area contributed by atoms with Gasteiger partial charge in [-0.15, -0.1) is 0 Å². The van der Waals surface area contributed by atoms with Gasteiger partial charge in [-0.05, 0) is 17.7 Å². The van der Waals surface area contributed by atoms with Gasteiger partial charge in [0.2, 0.25) is 0 Å². The molecular weight excluding hydrogens is 362 g/mol. The lowest BCUT2D eigenvalue weighted by atomic mass is 10.2. The van der Waals surface area contributed by atoms with Crippen LogP contribution in [0.5, 0.6) is 0 Å². The van der Waals surface area contributed by atoms with Gasteiger partial charge in [0.25, 0.3) is 11.8 Å². The van der Waals surface area contributed by atoms with E-state index in [-0.39, 0.29) is 11.8 Å². The van der Waals surface area contributed by atoms with Gasteiger partial charge in [0.1, 0.15) is 0 Å². The molecule has 5 nitrogen and oxygen atoms in total. The van der Waals surface area contributed by atoms with E-state index < -0.39 is 0 Å². The van der Waals surface area contributed by atoms with E-state index in [1.165, 1.54) is 12.2 Å². The van der Waals surface area contributed by atoms with Crippen molar-refractivity contribution in [2.24, 2.45) is 0 Å². The number of pyridine rings is 1. The summed E-state index contributed by atoms with van der Waals surface area (Å²) in [6.45, 7) is 6.72. The van der Waals surface area contributed by atoms with Gasteiger partial charge in [0.15, 0.2) is 0 Å². The minimum atomic E-state index is -0.385. The molecular formula is C24H21N3O2. The molecule has 29 heavy (non-hydrogen) atoms. The number of imide groups is 1. The first-order valence-corrected chi connectivity index (χ1v) is 8.62. The van der Waals surface area contributed by atoms with Gasteiger partial charge in [-0.1, -0.05) is 79.9 Å². The molecule has 0 aliphatic carbocycles. The Morgan fingerprint density at radius 1 is 0.966 bits per heavy atom. The Morgan fingerprint density at radius 2 is 1.66 bits per heavy atom. The van der Waals surface area contributed by atoms with Crippen molar-refractivity contribution in [1.82, 2.24) is 10.3 Å². The zero-order chi connectivity index (χ0) is 21.3. The number of benzene rings is 1. The first-order valence-electron chi connectivity index (χ1n) is 8.62. The summed E-state index contributed by atoms with van der Waals surface area (Å²) in [4.78, 5) is 25.9. The van der Waals surface area contributed by atoms with Crippen molar-refractivity contribution in [3.63, 3.8) is 0 Å². The van der Waals surface area contributed by atoms with Gasteiger partial charge in [-0.25, -0.2) is 0 Å². The van der Waals surface area contributed by atoms with Gasteiger partial charge in [-0.3, -0.25) is 19.9 Å². The third-order valence-electron chi connectivity index (χ3n) is 3.23. The highest BCUT2D eigenvalue weighted by Gasteiger charge is 2.22. The maximum Gasteiger partial charge on any atom is 0.260 e. The molecule has 2 aromatic rings. The molecule has 0 radical (unpaired) electrons. The average molecular weight is 383 g/mol. The molecule has 0 spiro atoms. The van der Waals surface area contributed by atoms with Crippen LogP contribution >= 0.6 is 0 Å². The Balaban J connectivity index is 0.000000247. The first-order chi connectivity index (χ1) is 14.1. The summed E-state index contributed by atoms with van der Waals surface area (Å²) in [6.07, 6.45) is 13.1. The molecule has 2 heterocycles. The molecule has 1 aliphatic rings. The van der Waals surface area contributed by atoms with Crippen LogP contribution in [0.15, 0.2) is 104 Å². The summed E-state index contributed by atoms with van der Waals surface area (Å²) in [5, 5.41) is 10.3. The van der Waals surface area contributed by atoms with Gasteiger partial charge in [0, 0.05) is 18.3 Å². The number of rotatable bonds is 4. The number of carbonyl (C=O) groups excluding carboxylic acids is 2. The van der Waals surface area contributed by atoms with Crippen LogP contribution in [0, 0.1) is 11.3 Å². The van der Waals surface area contributed by atoms with E-state index in [0.717, 1.165) is 5.56 Å². The van der Waals surface area contributed by atoms with Crippen LogP contribution in [0.4, 0.5) is 0 Å². The van der Waals surface area contributed by atoms with Crippen molar-refractivity contribution in [1.29, 1.82) is 5.26 Å². The number of aromatic nitrogens is 1. The smallest absolute Gasteiger partial charge is 0.260 e. The number of nitrogens with one attached hydrogen (secondary N) is 1. The Bertz CT molecular complexity index is 945. The van der Waals surface area contributed by atoms with E-state index in [2.05, 4.69) is 23.5 Å². The summed E-state index contributed by atoms with van der Waals surface area (Å²) < 4.78 is 0. The molecule has 0 atom stereocenters. The van der Waals surface area contributed by atoms with Crippen LogP contribution in [0.1, 0.15) is 11.3 Å². The summed E-state index contributed by atoms with van der Waals surface area (Å²) in [6, 6.07) is 17.1. The van der Waals surface area contributed by atoms with Gasteiger partial charge < -0.3 is 0 Å². The molecule has 1 N–H and O–H groups in total.